The molecule has 2 atom stereocenters. The van der Waals surface area contributed by atoms with Crippen molar-refractivity contribution in [2.45, 2.75) is 52.4 Å². The summed E-state index contributed by atoms with van der Waals surface area (Å²) in [6.07, 6.45) is 0.657. The van der Waals surface area contributed by atoms with Crippen LogP contribution in [0.4, 0.5) is 0 Å². The third-order valence-corrected chi connectivity index (χ3v) is 1.78. The van der Waals surface area contributed by atoms with Gasteiger partial charge in [-0.3, -0.25) is 5.73 Å². The smallest absolute Gasteiger partial charge is 0.180 e. The Morgan fingerprint density at radius 3 is 2.00 bits per heavy atom. The summed E-state index contributed by atoms with van der Waals surface area (Å²) in [6, 6.07) is 0. The lowest BCUT2D eigenvalue weighted by atomic mass is 10.2. The molecule has 0 spiro atoms. The molecule has 5 nitrogen and oxygen atoms in total. The van der Waals surface area contributed by atoms with Crippen LogP contribution in [-0.2, 0) is 9.68 Å². The Balaban J connectivity index is 4.65. The average molecular weight is 218 g/mol. The molecule has 0 aliphatic carbocycles. The normalized spacial score (nSPS) is 20.5. The molecule has 0 saturated carbocycles. The van der Waals surface area contributed by atoms with Crippen molar-refractivity contribution in [2.24, 2.45) is 10.8 Å². The summed E-state index contributed by atoms with van der Waals surface area (Å²) in [5, 5.41) is 3.80. The van der Waals surface area contributed by atoms with Crippen LogP contribution in [0, 0.1) is 0 Å². The van der Waals surface area contributed by atoms with Gasteiger partial charge in [-0.1, -0.05) is 6.92 Å². The van der Waals surface area contributed by atoms with Crippen molar-refractivity contribution in [3.63, 3.8) is 0 Å². The van der Waals surface area contributed by atoms with Crippen LogP contribution in [0.2, 0.25) is 0 Å². The van der Waals surface area contributed by atoms with Gasteiger partial charge in [-0.2, -0.15) is 0 Å². The molecular formula is C10H24N3O2+. The predicted octanol–water partition coefficient (Wildman–Crippen LogP) is 1.80. The van der Waals surface area contributed by atoms with Gasteiger partial charge in [0.15, 0.2) is 12.8 Å². The summed E-state index contributed by atoms with van der Waals surface area (Å²) in [7, 11) is 1.65. The maximum absolute atomic E-state index is 5.89. The topological polar surface area (TPSA) is 56.8 Å². The SMILES string of the molecule is C=N[N+](C)(OC(C)(C)C)OC(C)(N)CC. The molecule has 0 aliphatic rings. The number of rotatable bonds is 5. The van der Waals surface area contributed by atoms with Gasteiger partial charge in [0.1, 0.15) is 5.60 Å². The third-order valence-electron chi connectivity index (χ3n) is 1.78. The van der Waals surface area contributed by atoms with Crippen LogP contribution in [-0.4, -0.2) is 30.0 Å². The molecular weight excluding hydrogens is 194 g/mol. The molecule has 0 saturated heterocycles. The average Bonchev–Trinajstić information content (AvgIpc) is 2.00. The summed E-state index contributed by atoms with van der Waals surface area (Å²) in [6.45, 7) is 12.9. The van der Waals surface area contributed by atoms with Crippen LogP contribution in [0.3, 0.4) is 0 Å². The lowest BCUT2D eigenvalue weighted by Gasteiger charge is -2.33. The van der Waals surface area contributed by atoms with E-state index in [4.69, 9.17) is 15.4 Å². The van der Waals surface area contributed by atoms with E-state index in [1.165, 1.54) is 0 Å². The fourth-order valence-corrected chi connectivity index (χ4v) is 1.04. The minimum atomic E-state index is -0.790. The second kappa shape index (κ2) is 4.57. The highest BCUT2D eigenvalue weighted by Crippen LogP contribution is 2.22. The molecule has 0 heterocycles. The van der Waals surface area contributed by atoms with E-state index in [0.717, 1.165) is 0 Å². The molecule has 0 amide bonds. The highest BCUT2D eigenvalue weighted by Gasteiger charge is 2.38. The lowest BCUT2D eigenvalue weighted by Crippen LogP contribution is -2.54. The van der Waals surface area contributed by atoms with Gasteiger partial charge in [-0.15, -0.1) is 9.68 Å². The quantitative estimate of drug-likeness (QED) is 0.331. The van der Waals surface area contributed by atoms with E-state index in [2.05, 4.69) is 11.8 Å². The first-order valence-electron chi connectivity index (χ1n) is 5.09. The van der Waals surface area contributed by atoms with E-state index in [0.29, 0.717) is 6.42 Å². The molecule has 0 fully saturated rings. The van der Waals surface area contributed by atoms with Crippen molar-refractivity contribution in [3.8, 4) is 0 Å². The van der Waals surface area contributed by atoms with Crippen molar-refractivity contribution >= 4 is 6.72 Å². The maximum Gasteiger partial charge on any atom is 0.180 e. The molecule has 2 N–H and O–H groups in total. The zero-order valence-corrected chi connectivity index (χ0v) is 10.7. The number of quaternary nitrogens is 1. The van der Waals surface area contributed by atoms with Gasteiger partial charge >= 0.3 is 0 Å². The Hall–Kier alpha value is -0.490. The molecule has 0 bridgehead atoms. The van der Waals surface area contributed by atoms with E-state index in [1.807, 2.05) is 27.7 Å². The van der Waals surface area contributed by atoms with Crippen LogP contribution in [0.15, 0.2) is 5.10 Å². The first kappa shape index (κ1) is 14.5. The molecule has 0 aromatic heterocycles. The third kappa shape index (κ3) is 5.84. The van der Waals surface area contributed by atoms with Crippen molar-refractivity contribution in [3.05, 3.63) is 0 Å². The second-order valence-corrected chi connectivity index (χ2v) is 4.91. The first-order valence-corrected chi connectivity index (χ1v) is 5.09. The summed E-state index contributed by atoms with van der Waals surface area (Å²) < 4.78 is 0. The highest BCUT2D eigenvalue weighted by molar-refractivity contribution is 5.21. The Bertz CT molecular complexity index is 223. The Kier molecular flexibility index (Phi) is 4.42. The lowest BCUT2D eigenvalue weighted by molar-refractivity contribution is -1.25. The van der Waals surface area contributed by atoms with Crippen LogP contribution in [0.5, 0.6) is 0 Å². The molecule has 90 valence electrons. The monoisotopic (exact) mass is 218 g/mol. The molecule has 15 heavy (non-hydrogen) atoms. The summed E-state index contributed by atoms with van der Waals surface area (Å²) in [4.78, 5) is 10.8. The number of hydroxylamine groups is 2. The maximum atomic E-state index is 5.89. The zero-order valence-electron chi connectivity index (χ0n) is 10.7. The van der Waals surface area contributed by atoms with Gasteiger partial charge in [0, 0.05) is 0 Å². The van der Waals surface area contributed by atoms with Crippen molar-refractivity contribution in [2.75, 3.05) is 7.05 Å². The Labute approximate surface area is 92.3 Å². The van der Waals surface area contributed by atoms with Crippen molar-refractivity contribution in [1.29, 1.82) is 0 Å². The van der Waals surface area contributed by atoms with E-state index in [9.17, 15) is 0 Å². The standard InChI is InChI=1S/C10H24N3O2/c1-8-10(5,11)15-13(7,12-6)14-9(2,3)4/h6,8,11H2,1-5,7H3/q+1. The minimum absolute atomic E-state index is 0.389. The van der Waals surface area contributed by atoms with Crippen molar-refractivity contribution in [1.82, 2.24) is 0 Å². The number of hydrogen-bond acceptors (Lipinski definition) is 4. The minimum Gasteiger partial charge on any atom is -0.298 e. The van der Waals surface area contributed by atoms with Crippen LogP contribution in [0.1, 0.15) is 41.0 Å². The van der Waals surface area contributed by atoms with Gasteiger partial charge < -0.3 is 0 Å². The summed E-state index contributed by atoms with van der Waals surface area (Å²) in [5.41, 5.74) is 4.71. The fourth-order valence-electron chi connectivity index (χ4n) is 1.04. The molecule has 0 rings (SSSR count). The van der Waals surface area contributed by atoms with Crippen LogP contribution >= 0.6 is 0 Å². The molecule has 2 unspecified atom stereocenters. The summed E-state index contributed by atoms with van der Waals surface area (Å²) in [5.74, 6) is 0. The molecule has 0 aromatic rings. The van der Waals surface area contributed by atoms with Crippen LogP contribution < -0.4 is 5.73 Å². The Morgan fingerprint density at radius 2 is 1.73 bits per heavy atom. The zero-order chi connectivity index (χ0) is 12.3. The number of hydrogen-bond donors (Lipinski definition) is 1. The highest BCUT2D eigenvalue weighted by atomic mass is 17.0. The Morgan fingerprint density at radius 1 is 1.27 bits per heavy atom. The summed E-state index contributed by atoms with van der Waals surface area (Å²) >= 11 is 0. The van der Waals surface area contributed by atoms with Gasteiger partial charge in [-0.05, 0) is 39.2 Å². The van der Waals surface area contributed by atoms with E-state index in [-0.39, 0.29) is 5.60 Å². The van der Waals surface area contributed by atoms with Gasteiger partial charge in [-0.25, -0.2) is 0 Å². The first-order chi connectivity index (χ1) is 6.54. The molecule has 0 aromatic carbocycles. The number of nitrogens with zero attached hydrogens (tertiary/aromatic N) is 2. The molecule has 0 aliphatic heterocycles. The van der Waals surface area contributed by atoms with Gasteiger partial charge in [0.25, 0.3) is 0 Å². The van der Waals surface area contributed by atoms with E-state index < -0.39 is 10.6 Å². The van der Waals surface area contributed by atoms with Crippen LogP contribution in [0.25, 0.3) is 0 Å². The van der Waals surface area contributed by atoms with Gasteiger partial charge in [0.05, 0.1) is 11.6 Å². The fraction of sp³-hybridized carbons (Fsp3) is 0.900. The second-order valence-electron chi connectivity index (χ2n) is 4.91. The molecule has 0 radical (unpaired) electrons. The number of nitrogens with two attached hydrogens (primary N) is 1. The van der Waals surface area contributed by atoms with Gasteiger partial charge in [0.2, 0.25) is 0 Å². The largest absolute Gasteiger partial charge is 0.298 e. The molecule has 5 heteroatoms. The predicted molar refractivity (Wildman–Crippen MR) is 60.5 cm³/mol. The van der Waals surface area contributed by atoms with E-state index in [1.54, 1.807) is 14.0 Å². The van der Waals surface area contributed by atoms with Crippen molar-refractivity contribution < 1.29 is 14.6 Å². The van der Waals surface area contributed by atoms with E-state index >= 15 is 0 Å².